The fourth-order valence-electron chi connectivity index (χ4n) is 1.34. The molecule has 100 valence electrons. The third-order valence-corrected chi connectivity index (χ3v) is 2.94. The molecule has 0 saturated heterocycles. The van der Waals surface area contributed by atoms with Gasteiger partial charge in [-0.2, -0.15) is 0 Å². The first-order chi connectivity index (χ1) is 9.22. The average Bonchev–Trinajstić information content (AvgIpc) is 2.89. The number of nitrogens with one attached hydrogen (secondary N) is 1. The first-order valence-electron chi connectivity index (χ1n) is 5.62. The molecule has 0 fully saturated rings. The van der Waals surface area contributed by atoms with Crippen molar-refractivity contribution >= 4 is 28.1 Å². The first-order valence-corrected chi connectivity index (χ1v) is 6.50. The van der Waals surface area contributed by atoms with Crippen molar-refractivity contribution in [1.29, 1.82) is 0 Å². The molecule has 7 heteroatoms. The molecule has 0 aromatic carbocycles. The molecule has 2 heterocycles. The monoisotopic (exact) mass is 279 g/mol. The number of rotatable bonds is 5. The third kappa shape index (κ3) is 3.41. The Morgan fingerprint density at radius 3 is 2.95 bits per heavy atom. The van der Waals surface area contributed by atoms with Crippen LogP contribution in [0, 0.1) is 0 Å². The summed E-state index contributed by atoms with van der Waals surface area (Å²) in [6, 6.07) is 3.60. The van der Waals surface area contributed by atoms with Crippen molar-refractivity contribution in [3.63, 3.8) is 0 Å². The predicted octanol–water partition coefficient (Wildman–Crippen LogP) is 2.47. The summed E-state index contributed by atoms with van der Waals surface area (Å²) in [5, 5.41) is 5.29. The van der Waals surface area contributed by atoms with E-state index in [2.05, 4.69) is 20.0 Å². The number of pyridine rings is 1. The lowest BCUT2D eigenvalue weighted by Gasteiger charge is -2.04. The molecule has 0 atom stereocenters. The minimum atomic E-state index is -0.450. The number of ether oxygens (including phenoxy) is 2. The van der Waals surface area contributed by atoms with E-state index in [1.807, 2.05) is 13.0 Å². The maximum absolute atomic E-state index is 11.3. The van der Waals surface area contributed by atoms with Crippen LogP contribution in [0.25, 0.3) is 0 Å². The highest BCUT2D eigenvalue weighted by Gasteiger charge is 2.10. The molecular formula is C12H13N3O3S. The quantitative estimate of drug-likeness (QED) is 0.848. The van der Waals surface area contributed by atoms with E-state index < -0.39 is 5.97 Å². The van der Waals surface area contributed by atoms with E-state index >= 15 is 0 Å². The van der Waals surface area contributed by atoms with Gasteiger partial charge in [0.05, 0.1) is 25.6 Å². The summed E-state index contributed by atoms with van der Waals surface area (Å²) >= 11 is 1.32. The summed E-state index contributed by atoms with van der Waals surface area (Å²) in [4.78, 5) is 19.5. The van der Waals surface area contributed by atoms with Crippen LogP contribution in [0.15, 0.2) is 23.7 Å². The smallest absolute Gasteiger partial charge is 0.357 e. The Balaban J connectivity index is 2.04. The molecule has 0 spiro atoms. The van der Waals surface area contributed by atoms with E-state index in [1.165, 1.54) is 18.4 Å². The van der Waals surface area contributed by atoms with Crippen LogP contribution in [0.2, 0.25) is 0 Å². The molecule has 0 saturated carbocycles. The van der Waals surface area contributed by atoms with Crippen LogP contribution in [0.3, 0.4) is 0 Å². The molecule has 2 aromatic heterocycles. The molecule has 0 aliphatic rings. The van der Waals surface area contributed by atoms with Gasteiger partial charge in [-0.05, 0) is 13.0 Å². The minimum absolute atomic E-state index is 0.286. The Bertz CT molecular complexity index is 554. The van der Waals surface area contributed by atoms with Crippen molar-refractivity contribution < 1.29 is 14.3 Å². The second-order valence-corrected chi connectivity index (χ2v) is 4.33. The van der Waals surface area contributed by atoms with Gasteiger partial charge in [0.2, 0.25) is 5.88 Å². The lowest BCUT2D eigenvalue weighted by atomic mass is 10.4. The highest BCUT2D eigenvalue weighted by Crippen LogP contribution is 2.21. The number of esters is 1. The number of nitrogens with zero attached hydrogens (tertiary/aromatic N) is 2. The zero-order valence-electron chi connectivity index (χ0n) is 10.5. The van der Waals surface area contributed by atoms with Crippen molar-refractivity contribution in [2.75, 3.05) is 19.0 Å². The fourth-order valence-corrected chi connectivity index (χ4v) is 2.04. The van der Waals surface area contributed by atoms with Crippen LogP contribution in [0.5, 0.6) is 5.88 Å². The topological polar surface area (TPSA) is 73.3 Å². The average molecular weight is 279 g/mol. The summed E-state index contributed by atoms with van der Waals surface area (Å²) < 4.78 is 9.84. The molecule has 0 radical (unpaired) electrons. The highest BCUT2D eigenvalue weighted by molar-refractivity contribution is 7.14. The lowest BCUT2D eigenvalue weighted by molar-refractivity contribution is 0.0595. The molecule has 2 aromatic rings. The van der Waals surface area contributed by atoms with E-state index in [1.54, 1.807) is 17.6 Å². The van der Waals surface area contributed by atoms with Gasteiger partial charge < -0.3 is 14.8 Å². The minimum Gasteiger partial charge on any atom is -0.478 e. The Kier molecular flexibility index (Phi) is 4.30. The van der Waals surface area contributed by atoms with Crippen molar-refractivity contribution in [3.8, 4) is 5.88 Å². The Morgan fingerprint density at radius 1 is 1.47 bits per heavy atom. The number of aromatic nitrogens is 2. The van der Waals surface area contributed by atoms with Gasteiger partial charge in [-0.15, -0.1) is 11.3 Å². The second kappa shape index (κ2) is 6.14. The van der Waals surface area contributed by atoms with Crippen LogP contribution in [0.1, 0.15) is 17.4 Å². The summed E-state index contributed by atoms with van der Waals surface area (Å²) in [6.45, 7) is 2.48. The van der Waals surface area contributed by atoms with Crippen LogP contribution < -0.4 is 10.1 Å². The molecule has 2 rings (SSSR count). The number of carbonyl (C=O) groups is 1. The fraction of sp³-hybridized carbons (Fsp3) is 0.250. The third-order valence-electron chi connectivity index (χ3n) is 2.18. The second-order valence-electron chi connectivity index (χ2n) is 3.47. The molecule has 6 nitrogen and oxygen atoms in total. The van der Waals surface area contributed by atoms with E-state index in [0.717, 1.165) is 5.69 Å². The summed E-state index contributed by atoms with van der Waals surface area (Å²) in [7, 11) is 1.32. The van der Waals surface area contributed by atoms with Gasteiger partial charge in [0.25, 0.3) is 0 Å². The van der Waals surface area contributed by atoms with E-state index in [4.69, 9.17) is 4.74 Å². The van der Waals surface area contributed by atoms with Crippen LogP contribution >= 0.6 is 11.3 Å². The van der Waals surface area contributed by atoms with Crippen LogP contribution in [-0.4, -0.2) is 29.7 Å². The normalized spacial score (nSPS) is 10.0. The van der Waals surface area contributed by atoms with E-state index in [9.17, 15) is 4.79 Å². The van der Waals surface area contributed by atoms with Gasteiger partial charge in [0.15, 0.2) is 10.8 Å². The molecule has 0 bridgehead atoms. The summed E-state index contributed by atoms with van der Waals surface area (Å²) in [5.41, 5.74) is 1.06. The number of hydrogen-bond acceptors (Lipinski definition) is 7. The highest BCUT2D eigenvalue weighted by atomic mass is 32.1. The van der Waals surface area contributed by atoms with E-state index in [0.29, 0.717) is 17.6 Å². The zero-order chi connectivity index (χ0) is 13.7. The maximum Gasteiger partial charge on any atom is 0.357 e. The Morgan fingerprint density at radius 2 is 2.32 bits per heavy atom. The predicted molar refractivity (Wildman–Crippen MR) is 72.1 cm³/mol. The van der Waals surface area contributed by atoms with Gasteiger partial charge in [-0.25, -0.2) is 14.8 Å². The standard InChI is InChI=1S/C12H13N3O3S/c1-3-18-10-5-4-8(6-13-10)14-12-15-9(7-19-12)11(16)17-2/h4-7H,3H2,1-2H3,(H,14,15). The number of thiazole rings is 1. The van der Waals surface area contributed by atoms with Gasteiger partial charge >= 0.3 is 5.97 Å². The molecule has 0 aliphatic carbocycles. The lowest BCUT2D eigenvalue weighted by Crippen LogP contribution is -2.01. The van der Waals surface area contributed by atoms with Crippen LogP contribution in [-0.2, 0) is 4.74 Å². The van der Waals surface area contributed by atoms with Gasteiger partial charge in [0.1, 0.15) is 0 Å². The van der Waals surface area contributed by atoms with E-state index in [-0.39, 0.29) is 5.69 Å². The summed E-state index contributed by atoms with van der Waals surface area (Å²) in [6.07, 6.45) is 1.64. The van der Waals surface area contributed by atoms with Gasteiger partial charge in [-0.3, -0.25) is 0 Å². The number of hydrogen-bond donors (Lipinski definition) is 1. The molecule has 19 heavy (non-hydrogen) atoms. The van der Waals surface area contributed by atoms with Crippen molar-refractivity contribution in [2.24, 2.45) is 0 Å². The largest absolute Gasteiger partial charge is 0.478 e. The first kappa shape index (κ1) is 13.3. The zero-order valence-corrected chi connectivity index (χ0v) is 11.4. The number of carbonyl (C=O) groups excluding carboxylic acids is 1. The Hall–Kier alpha value is -2.15. The number of methoxy groups -OCH3 is 1. The van der Waals surface area contributed by atoms with Crippen LogP contribution in [0.4, 0.5) is 10.8 Å². The van der Waals surface area contributed by atoms with Crippen molar-refractivity contribution in [2.45, 2.75) is 6.92 Å². The van der Waals surface area contributed by atoms with Gasteiger partial charge in [0, 0.05) is 11.4 Å². The SMILES string of the molecule is CCOc1ccc(Nc2nc(C(=O)OC)cs2)cn1. The summed E-state index contributed by atoms with van der Waals surface area (Å²) in [5.74, 6) is 0.122. The Labute approximate surface area is 114 Å². The molecule has 0 amide bonds. The molecule has 1 N–H and O–H groups in total. The van der Waals surface area contributed by atoms with Crippen molar-refractivity contribution in [1.82, 2.24) is 9.97 Å². The molecular weight excluding hydrogens is 266 g/mol. The van der Waals surface area contributed by atoms with Crippen molar-refractivity contribution in [3.05, 3.63) is 29.4 Å². The van der Waals surface area contributed by atoms with Gasteiger partial charge in [-0.1, -0.05) is 0 Å². The maximum atomic E-state index is 11.3. The molecule has 0 unspecified atom stereocenters. The number of anilines is 2. The molecule has 0 aliphatic heterocycles.